The lowest BCUT2D eigenvalue weighted by Crippen LogP contribution is -2.42. The molecule has 1 aliphatic rings. The summed E-state index contributed by atoms with van der Waals surface area (Å²) in [6, 6.07) is -1.49. The molecule has 1 saturated carbocycles. The molecular formula is C12H19F2NO3. The van der Waals surface area contributed by atoms with Crippen LogP contribution in [0, 0.1) is 5.92 Å². The van der Waals surface area contributed by atoms with Crippen LogP contribution < -0.4 is 5.32 Å². The minimum absolute atomic E-state index is 0.220. The van der Waals surface area contributed by atoms with Crippen LogP contribution >= 0.6 is 0 Å². The highest BCUT2D eigenvalue weighted by atomic mass is 19.3. The Morgan fingerprint density at radius 1 is 1.28 bits per heavy atom. The van der Waals surface area contributed by atoms with Crippen LogP contribution in [0.25, 0.3) is 0 Å². The van der Waals surface area contributed by atoms with Crippen molar-refractivity contribution in [3.8, 4) is 0 Å². The van der Waals surface area contributed by atoms with E-state index < -0.39 is 30.8 Å². The van der Waals surface area contributed by atoms with E-state index in [4.69, 9.17) is 5.11 Å². The van der Waals surface area contributed by atoms with Gasteiger partial charge >= 0.3 is 5.97 Å². The molecule has 0 radical (unpaired) electrons. The highest BCUT2D eigenvalue weighted by Crippen LogP contribution is 2.28. The summed E-state index contributed by atoms with van der Waals surface area (Å²) >= 11 is 0. The second-order valence-corrected chi connectivity index (χ2v) is 4.77. The number of carboxylic acid groups (broad SMARTS) is 1. The van der Waals surface area contributed by atoms with Gasteiger partial charge < -0.3 is 10.4 Å². The molecule has 4 nitrogen and oxygen atoms in total. The summed E-state index contributed by atoms with van der Waals surface area (Å²) in [6.07, 6.45) is 1.92. The zero-order chi connectivity index (χ0) is 13.5. The van der Waals surface area contributed by atoms with Gasteiger partial charge in [-0.1, -0.05) is 25.7 Å². The summed E-state index contributed by atoms with van der Waals surface area (Å²) in [5.74, 6) is -1.34. The molecule has 0 heterocycles. The smallest absolute Gasteiger partial charge is 0.326 e. The minimum atomic E-state index is -2.73. The topological polar surface area (TPSA) is 66.4 Å². The zero-order valence-electron chi connectivity index (χ0n) is 10.2. The predicted molar refractivity (Wildman–Crippen MR) is 61.4 cm³/mol. The molecule has 0 spiro atoms. The molecule has 1 fully saturated rings. The number of carbonyl (C=O) groups excluding carboxylic acids is 1. The van der Waals surface area contributed by atoms with Crippen molar-refractivity contribution in [2.45, 2.75) is 57.4 Å². The van der Waals surface area contributed by atoms with Gasteiger partial charge in [-0.05, 0) is 12.3 Å². The molecule has 0 aromatic rings. The van der Waals surface area contributed by atoms with Crippen LogP contribution in [0.2, 0.25) is 0 Å². The van der Waals surface area contributed by atoms with E-state index in [1.807, 2.05) is 0 Å². The lowest BCUT2D eigenvalue weighted by molar-refractivity contribution is -0.143. The summed E-state index contributed by atoms with van der Waals surface area (Å²) in [5.41, 5.74) is 0. The van der Waals surface area contributed by atoms with E-state index in [-0.39, 0.29) is 6.42 Å². The molecule has 1 unspecified atom stereocenters. The van der Waals surface area contributed by atoms with E-state index in [0.29, 0.717) is 12.3 Å². The zero-order valence-corrected chi connectivity index (χ0v) is 10.2. The first-order valence-corrected chi connectivity index (χ1v) is 6.29. The van der Waals surface area contributed by atoms with Gasteiger partial charge in [-0.15, -0.1) is 0 Å². The van der Waals surface area contributed by atoms with Gasteiger partial charge in [-0.2, -0.15) is 0 Å². The summed E-state index contributed by atoms with van der Waals surface area (Å²) in [5, 5.41) is 10.9. The predicted octanol–water partition coefficient (Wildman–Crippen LogP) is 2.18. The second-order valence-electron chi connectivity index (χ2n) is 4.77. The summed E-state index contributed by atoms with van der Waals surface area (Å²) in [6.45, 7) is 0. The molecule has 0 aliphatic heterocycles. The number of carbonyl (C=O) groups is 2. The standard InChI is InChI=1S/C12H19F2NO3/c13-10(14)7-9(12(17)18)15-11(16)6-5-8-3-1-2-4-8/h8-10H,1-7H2,(H,15,16)(H,17,18). The summed E-state index contributed by atoms with van der Waals surface area (Å²) in [7, 11) is 0. The van der Waals surface area contributed by atoms with Crippen LogP contribution in [0.3, 0.4) is 0 Å². The Morgan fingerprint density at radius 2 is 1.89 bits per heavy atom. The SMILES string of the molecule is O=C(CCC1CCCC1)NC(CC(F)F)C(=O)O. The lowest BCUT2D eigenvalue weighted by atomic mass is 10.0. The molecular weight excluding hydrogens is 244 g/mol. The third kappa shape index (κ3) is 5.42. The van der Waals surface area contributed by atoms with Gasteiger partial charge in [0.2, 0.25) is 12.3 Å². The van der Waals surface area contributed by atoms with Crippen molar-refractivity contribution in [1.82, 2.24) is 5.32 Å². The highest BCUT2D eigenvalue weighted by molar-refractivity contribution is 5.83. The molecule has 0 saturated heterocycles. The fourth-order valence-electron chi connectivity index (χ4n) is 2.30. The van der Waals surface area contributed by atoms with Crippen molar-refractivity contribution < 1.29 is 23.5 Å². The van der Waals surface area contributed by atoms with Gasteiger partial charge in [0, 0.05) is 12.8 Å². The van der Waals surface area contributed by atoms with Crippen molar-refractivity contribution in [2.24, 2.45) is 5.92 Å². The van der Waals surface area contributed by atoms with Gasteiger partial charge in [0.25, 0.3) is 0 Å². The molecule has 0 aromatic heterocycles. The Bertz CT molecular complexity index is 291. The van der Waals surface area contributed by atoms with E-state index in [2.05, 4.69) is 5.32 Å². The number of hydrogen-bond acceptors (Lipinski definition) is 2. The number of carboxylic acids is 1. The van der Waals surface area contributed by atoms with Gasteiger partial charge in [0.1, 0.15) is 6.04 Å². The maximum atomic E-state index is 12.1. The Balaban J connectivity index is 2.29. The van der Waals surface area contributed by atoms with Crippen LogP contribution in [-0.2, 0) is 9.59 Å². The van der Waals surface area contributed by atoms with Crippen LogP contribution in [0.1, 0.15) is 44.9 Å². The minimum Gasteiger partial charge on any atom is -0.480 e. The summed E-state index contributed by atoms with van der Waals surface area (Å²) < 4.78 is 24.2. The van der Waals surface area contributed by atoms with Crippen molar-refractivity contribution in [3.63, 3.8) is 0 Å². The van der Waals surface area contributed by atoms with E-state index in [1.54, 1.807) is 0 Å². The quantitative estimate of drug-likeness (QED) is 0.739. The first-order valence-electron chi connectivity index (χ1n) is 6.29. The Kier molecular flexibility index (Phi) is 6.01. The maximum absolute atomic E-state index is 12.1. The molecule has 0 aromatic carbocycles. The number of hydrogen-bond donors (Lipinski definition) is 2. The highest BCUT2D eigenvalue weighted by Gasteiger charge is 2.24. The monoisotopic (exact) mass is 263 g/mol. The third-order valence-electron chi connectivity index (χ3n) is 3.30. The molecule has 6 heteroatoms. The van der Waals surface area contributed by atoms with Crippen molar-refractivity contribution in [3.05, 3.63) is 0 Å². The largest absolute Gasteiger partial charge is 0.480 e. The van der Waals surface area contributed by atoms with E-state index in [1.165, 1.54) is 12.8 Å². The van der Waals surface area contributed by atoms with E-state index in [9.17, 15) is 18.4 Å². The average Bonchev–Trinajstić information content (AvgIpc) is 2.77. The fraction of sp³-hybridized carbons (Fsp3) is 0.833. The summed E-state index contributed by atoms with van der Waals surface area (Å²) in [4.78, 5) is 22.2. The van der Waals surface area contributed by atoms with Crippen LogP contribution in [0.5, 0.6) is 0 Å². The maximum Gasteiger partial charge on any atom is 0.326 e. The molecule has 104 valence electrons. The number of halogens is 2. The number of alkyl halides is 2. The molecule has 1 atom stereocenters. The Hall–Kier alpha value is -1.20. The Morgan fingerprint density at radius 3 is 2.39 bits per heavy atom. The van der Waals surface area contributed by atoms with Gasteiger partial charge in [0.15, 0.2) is 0 Å². The third-order valence-corrected chi connectivity index (χ3v) is 3.30. The normalized spacial score (nSPS) is 17.9. The van der Waals surface area contributed by atoms with Crippen molar-refractivity contribution >= 4 is 11.9 Å². The lowest BCUT2D eigenvalue weighted by Gasteiger charge is -2.15. The number of amides is 1. The van der Waals surface area contributed by atoms with Gasteiger partial charge in [0.05, 0.1) is 0 Å². The first-order chi connectivity index (χ1) is 8.49. The van der Waals surface area contributed by atoms with Crippen LogP contribution in [0.15, 0.2) is 0 Å². The molecule has 0 bridgehead atoms. The molecule has 2 N–H and O–H groups in total. The van der Waals surface area contributed by atoms with Gasteiger partial charge in [-0.3, -0.25) is 4.79 Å². The molecule has 1 rings (SSSR count). The Labute approximate surface area is 105 Å². The number of rotatable bonds is 7. The van der Waals surface area contributed by atoms with Crippen molar-refractivity contribution in [1.29, 1.82) is 0 Å². The molecule has 1 amide bonds. The fourth-order valence-corrected chi connectivity index (χ4v) is 2.30. The first kappa shape index (κ1) is 14.9. The van der Waals surface area contributed by atoms with E-state index >= 15 is 0 Å². The average molecular weight is 263 g/mol. The molecule has 18 heavy (non-hydrogen) atoms. The van der Waals surface area contributed by atoms with Crippen LogP contribution in [0.4, 0.5) is 8.78 Å². The number of nitrogens with one attached hydrogen (secondary N) is 1. The molecule has 1 aliphatic carbocycles. The second kappa shape index (κ2) is 7.28. The van der Waals surface area contributed by atoms with Crippen molar-refractivity contribution in [2.75, 3.05) is 0 Å². The van der Waals surface area contributed by atoms with E-state index in [0.717, 1.165) is 12.8 Å². The van der Waals surface area contributed by atoms with Gasteiger partial charge in [-0.25, -0.2) is 13.6 Å². The van der Waals surface area contributed by atoms with Crippen LogP contribution in [-0.4, -0.2) is 29.5 Å². The number of aliphatic carboxylic acids is 1.